The van der Waals surface area contributed by atoms with Crippen LogP contribution in [0.25, 0.3) is 0 Å². The maximum atomic E-state index is 12.0. The number of carbonyl (C=O) groups excluding carboxylic acids is 2. The number of anilines is 1. The Morgan fingerprint density at radius 3 is 2.77 bits per heavy atom. The smallest absolute Gasteiger partial charge is 0.410 e. The minimum absolute atomic E-state index is 0.109. The average Bonchev–Trinajstić information content (AvgIpc) is 2.88. The molecule has 1 atom stereocenters. The number of ether oxygens (including phenoxy) is 2. The van der Waals surface area contributed by atoms with Crippen molar-refractivity contribution in [3.05, 3.63) is 24.3 Å². The van der Waals surface area contributed by atoms with Gasteiger partial charge >= 0.3 is 6.09 Å². The van der Waals surface area contributed by atoms with Gasteiger partial charge in [0, 0.05) is 13.0 Å². The summed E-state index contributed by atoms with van der Waals surface area (Å²) in [6.07, 6.45) is 0.915. The van der Waals surface area contributed by atoms with Crippen molar-refractivity contribution in [2.75, 3.05) is 18.4 Å². The summed E-state index contributed by atoms with van der Waals surface area (Å²) in [6, 6.07) is 7.22. The van der Waals surface area contributed by atoms with E-state index in [0.29, 0.717) is 30.9 Å². The lowest BCUT2D eigenvalue weighted by Crippen LogP contribution is -2.36. The largest absolute Gasteiger partial charge is 0.486 e. The number of hydrogen-bond acceptors (Lipinski definition) is 4. The van der Waals surface area contributed by atoms with Gasteiger partial charge in [0.25, 0.3) is 0 Å². The van der Waals surface area contributed by atoms with Crippen LogP contribution in [0, 0.1) is 0 Å². The Balaban J connectivity index is 1.94. The molecule has 0 saturated carbocycles. The summed E-state index contributed by atoms with van der Waals surface area (Å²) in [6.45, 7) is 6.61. The van der Waals surface area contributed by atoms with Crippen LogP contribution in [0.5, 0.6) is 5.75 Å². The topological polar surface area (TPSA) is 67.9 Å². The van der Waals surface area contributed by atoms with Gasteiger partial charge in [-0.3, -0.25) is 4.79 Å². The normalized spacial score (nSPS) is 18.0. The van der Waals surface area contributed by atoms with Crippen LogP contribution in [0.2, 0.25) is 0 Å². The first-order valence-corrected chi connectivity index (χ1v) is 7.33. The first kappa shape index (κ1) is 16.1. The monoisotopic (exact) mass is 306 g/mol. The van der Waals surface area contributed by atoms with E-state index < -0.39 is 5.60 Å². The summed E-state index contributed by atoms with van der Waals surface area (Å²) in [7, 11) is 0. The van der Waals surface area contributed by atoms with Crippen molar-refractivity contribution in [2.45, 2.75) is 38.9 Å². The van der Waals surface area contributed by atoms with E-state index in [-0.39, 0.29) is 12.2 Å². The lowest BCUT2D eigenvalue weighted by molar-refractivity contribution is -0.105. The second-order valence-corrected chi connectivity index (χ2v) is 6.21. The minimum atomic E-state index is -0.503. The van der Waals surface area contributed by atoms with Gasteiger partial charge in [0.2, 0.25) is 6.41 Å². The van der Waals surface area contributed by atoms with Gasteiger partial charge in [-0.1, -0.05) is 12.1 Å². The molecule has 1 saturated heterocycles. The molecule has 120 valence electrons. The van der Waals surface area contributed by atoms with Gasteiger partial charge in [-0.25, -0.2) is 4.79 Å². The van der Waals surface area contributed by atoms with Crippen molar-refractivity contribution < 1.29 is 19.1 Å². The maximum absolute atomic E-state index is 12.0. The fourth-order valence-electron chi connectivity index (χ4n) is 2.25. The van der Waals surface area contributed by atoms with Crippen LogP contribution in [-0.4, -0.2) is 42.2 Å². The fraction of sp³-hybridized carbons (Fsp3) is 0.500. The molecule has 1 N–H and O–H groups in total. The lowest BCUT2D eigenvalue weighted by atomic mass is 10.2. The van der Waals surface area contributed by atoms with Crippen molar-refractivity contribution in [1.29, 1.82) is 0 Å². The first-order chi connectivity index (χ1) is 10.4. The molecule has 6 nitrogen and oxygen atoms in total. The Kier molecular flexibility index (Phi) is 4.90. The number of para-hydroxylation sites is 2. The summed E-state index contributed by atoms with van der Waals surface area (Å²) in [5.74, 6) is 0.602. The molecule has 0 bridgehead atoms. The third-order valence-corrected chi connectivity index (χ3v) is 3.19. The van der Waals surface area contributed by atoms with E-state index in [4.69, 9.17) is 9.47 Å². The molecule has 1 aromatic rings. The number of benzene rings is 1. The van der Waals surface area contributed by atoms with Crippen LogP contribution in [0.15, 0.2) is 24.3 Å². The predicted molar refractivity (Wildman–Crippen MR) is 83.0 cm³/mol. The molecular formula is C16H22N2O4. The number of hydrogen-bond donors (Lipinski definition) is 1. The van der Waals surface area contributed by atoms with Gasteiger partial charge in [0.05, 0.1) is 12.2 Å². The molecule has 0 aromatic heterocycles. The Morgan fingerprint density at radius 1 is 1.36 bits per heavy atom. The fourth-order valence-corrected chi connectivity index (χ4v) is 2.25. The van der Waals surface area contributed by atoms with Gasteiger partial charge in [-0.2, -0.15) is 0 Å². The molecule has 1 aromatic carbocycles. The zero-order chi connectivity index (χ0) is 16.2. The predicted octanol–water partition coefficient (Wildman–Crippen LogP) is 2.64. The lowest BCUT2D eigenvalue weighted by Gasteiger charge is -2.24. The molecule has 0 radical (unpaired) electrons. The quantitative estimate of drug-likeness (QED) is 0.868. The van der Waals surface area contributed by atoms with Crippen LogP contribution in [0.4, 0.5) is 10.5 Å². The number of amides is 2. The highest BCUT2D eigenvalue weighted by molar-refractivity contribution is 5.75. The van der Waals surface area contributed by atoms with E-state index in [9.17, 15) is 9.59 Å². The number of nitrogens with zero attached hydrogens (tertiary/aromatic N) is 1. The summed E-state index contributed by atoms with van der Waals surface area (Å²) >= 11 is 0. The molecule has 1 aliphatic rings. The molecule has 6 heteroatoms. The molecule has 2 amide bonds. The standard InChI is InChI=1S/C16H22N2O4/c1-16(2,3)22-15(20)18-9-8-12(10-18)21-14-7-5-4-6-13(14)17-11-19/h4-7,11-12H,8-10H2,1-3H3,(H,17,19). The molecule has 0 aliphatic carbocycles. The summed E-state index contributed by atoms with van der Waals surface area (Å²) in [5.41, 5.74) is 0.115. The van der Waals surface area contributed by atoms with Crippen molar-refractivity contribution in [1.82, 2.24) is 4.90 Å². The summed E-state index contributed by atoms with van der Waals surface area (Å²) < 4.78 is 11.3. The van der Waals surface area contributed by atoms with E-state index in [2.05, 4.69) is 5.32 Å². The van der Waals surface area contributed by atoms with Gasteiger partial charge in [0.15, 0.2) is 0 Å². The van der Waals surface area contributed by atoms with E-state index in [1.165, 1.54) is 0 Å². The zero-order valence-electron chi connectivity index (χ0n) is 13.2. The third kappa shape index (κ3) is 4.38. The van der Waals surface area contributed by atoms with Gasteiger partial charge < -0.3 is 19.7 Å². The Hall–Kier alpha value is -2.24. The second kappa shape index (κ2) is 6.68. The summed E-state index contributed by atoms with van der Waals surface area (Å²) in [4.78, 5) is 24.3. The van der Waals surface area contributed by atoms with Crippen molar-refractivity contribution in [3.63, 3.8) is 0 Å². The number of likely N-dealkylation sites (tertiary alicyclic amines) is 1. The molecule has 2 rings (SSSR count). The molecule has 1 fully saturated rings. The third-order valence-electron chi connectivity index (χ3n) is 3.19. The van der Waals surface area contributed by atoms with Crippen molar-refractivity contribution in [3.8, 4) is 5.75 Å². The van der Waals surface area contributed by atoms with Crippen LogP contribution in [-0.2, 0) is 9.53 Å². The second-order valence-electron chi connectivity index (χ2n) is 6.21. The van der Waals surface area contributed by atoms with Crippen LogP contribution < -0.4 is 10.1 Å². The molecule has 1 aliphatic heterocycles. The number of nitrogens with one attached hydrogen (secondary N) is 1. The first-order valence-electron chi connectivity index (χ1n) is 7.33. The molecule has 22 heavy (non-hydrogen) atoms. The highest BCUT2D eigenvalue weighted by atomic mass is 16.6. The van der Waals surface area contributed by atoms with E-state index in [1.54, 1.807) is 17.0 Å². The maximum Gasteiger partial charge on any atom is 0.410 e. The SMILES string of the molecule is CC(C)(C)OC(=O)N1CCC(Oc2ccccc2NC=O)C1. The molecule has 0 spiro atoms. The summed E-state index contributed by atoms with van der Waals surface area (Å²) in [5, 5.41) is 2.60. The Labute approximate surface area is 130 Å². The minimum Gasteiger partial charge on any atom is -0.486 e. The highest BCUT2D eigenvalue weighted by Gasteiger charge is 2.31. The molecule has 1 unspecified atom stereocenters. The van der Waals surface area contributed by atoms with Gasteiger partial charge in [-0.15, -0.1) is 0 Å². The van der Waals surface area contributed by atoms with E-state index in [0.717, 1.165) is 6.42 Å². The molecule has 1 heterocycles. The van der Waals surface area contributed by atoms with Gasteiger partial charge in [-0.05, 0) is 32.9 Å². The molecular weight excluding hydrogens is 284 g/mol. The average molecular weight is 306 g/mol. The Bertz CT molecular complexity index is 539. The Morgan fingerprint density at radius 2 is 2.09 bits per heavy atom. The van der Waals surface area contributed by atoms with Crippen LogP contribution in [0.3, 0.4) is 0 Å². The zero-order valence-corrected chi connectivity index (χ0v) is 13.2. The van der Waals surface area contributed by atoms with Crippen molar-refractivity contribution >= 4 is 18.2 Å². The van der Waals surface area contributed by atoms with E-state index >= 15 is 0 Å². The van der Waals surface area contributed by atoms with E-state index in [1.807, 2.05) is 32.9 Å². The van der Waals surface area contributed by atoms with Gasteiger partial charge in [0.1, 0.15) is 17.5 Å². The van der Waals surface area contributed by atoms with Crippen LogP contribution >= 0.6 is 0 Å². The van der Waals surface area contributed by atoms with Crippen molar-refractivity contribution in [2.24, 2.45) is 0 Å². The number of carbonyl (C=O) groups is 2. The highest BCUT2D eigenvalue weighted by Crippen LogP contribution is 2.27. The number of rotatable bonds is 4. The van der Waals surface area contributed by atoms with Crippen LogP contribution in [0.1, 0.15) is 27.2 Å².